The first-order valence-electron chi connectivity index (χ1n) is 10.7. The van der Waals surface area contributed by atoms with Gasteiger partial charge in [-0.05, 0) is 76.3 Å². The summed E-state index contributed by atoms with van der Waals surface area (Å²) in [4.78, 5) is 9.43. The number of ether oxygens (including phenoxy) is 1. The van der Waals surface area contributed by atoms with Gasteiger partial charge >= 0.3 is 0 Å². The van der Waals surface area contributed by atoms with E-state index in [1.54, 1.807) is 7.11 Å². The van der Waals surface area contributed by atoms with Crippen molar-refractivity contribution >= 4 is 17.2 Å². The molecule has 162 valence electrons. The molecule has 0 saturated heterocycles. The minimum absolute atomic E-state index is 0.227. The molecule has 0 amide bonds. The number of nitrogens with two attached hydrogens (primary N) is 1. The SMILES string of the molecule is CCC(CCCN(C)C)C1(N)N=C(N(C)c2ccc(OC)cc2)c2ccccc2N1. The Balaban J connectivity index is 1.95. The summed E-state index contributed by atoms with van der Waals surface area (Å²) in [5, 5.41) is 3.55. The van der Waals surface area contributed by atoms with Gasteiger partial charge in [0.15, 0.2) is 5.79 Å². The Morgan fingerprint density at radius 1 is 1.10 bits per heavy atom. The predicted octanol–water partition coefficient (Wildman–Crippen LogP) is 3.98. The Kier molecular flexibility index (Phi) is 7.00. The standard InChI is InChI=1S/C24H35N5O/c1-6-18(10-9-17-28(2)3)24(25)26-22-12-8-7-11-21(22)23(27-24)29(4)19-13-15-20(30-5)16-14-19/h7-8,11-16,18,26H,6,9-10,17,25H2,1-5H3. The Labute approximate surface area is 180 Å². The van der Waals surface area contributed by atoms with Crippen LogP contribution >= 0.6 is 0 Å². The third-order valence-corrected chi connectivity index (χ3v) is 5.84. The van der Waals surface area contributed by atoms with Crippen molar-refractivity contribution in [2.45, 2.75) is 32.0 Å². The quantitative estimate of drug-likeness (QED) is 0.690. The molecule has 2 aromatic rings. The molecule has 30 heavy (non-hydrogen) atoms. The van der Waals surface area contributed by atoms with Gasteiger partial charge in [-0.25, -0.2) is 4.99 Å². The van der Waals surface area contributed by atoms with Gasteiger partial charge < -0.3 is 19.9 Å². The van der Waals surface area contributed by atoms with Crippen molar-refractivity contribution < 1.29 is 4.74 Å². The van der Waals surface area contributed by atoms with E-state index in [4.69, 9.17) is 15.5 Å². The van der Waals surface area contributed by atoms with E-state index in [2.05, 4.69) is 48.3 Å². The van der Waals surface area contributed by atoms with Gasteiger partial charge in [-0.1, -0.05) is 19.1 Å². The van der Waals surface area contributed by atoms with Gasteiger partial charge in [0.05, 0.1) is 7.11 Å². The number of hydrogen-bond donors (Lipinski definition) is 2. The summed E-state index contributed by atoms with van der Waals surface area (Å²) in [6.45, 7) is 3.24. The Bertz CT molecular complexity index is 864. The van der Waals surface area contributed by atoms with E-state index < -0.39 is 5.79 Å². The van der Waals surface area contributed by atoms with Gasteiger partial charge in [0.1, 0.15) is 11.6 Å². The van der Waals surface area contributed by atoms with Crippen LogP contribution in [0.5, 0.6) is 5.75 Å². The van der Waals surface area contributed by atoms with E-state index in [1.165, 1.54) is 0 Å². The molecule has 0 aliphatic carbocycles. The lowest BCUT2D eigenvalue weighted by Gasteiger charge is -2.41. The van der Waals surface area contributed by atoms with Crippen LogP contribution in [0.1, 0.15) is 31.7 Å². The monoisotopic (exact) mass is 409 g/mol. The zero-order valence-corrected chi connectivity index (χ0v) is 18.9. The van der Waals surface area contributed by atoms with Crippen molar-refractivity contribution in [3.8, 4) is 5.75 Å². The third kappa shape index (κ3) is 4.77. The van der Waals surface area contributed by atoms with Crippen molar-refractivity contribution in [1.82, 2.24) is 4.90 Å². The molecular weight excluding hydrogens is 374 g/mol. The van der Waals surface area contributed by atoms with Crippen molar-refractivity contribution in [2.24, 2.45) is 16.6 Å². The van der Waals surface area contributed by atoms with Crippen LogP contribution < -0.4 is 20.7 Å². The number of amidine groups is 1. The number of nitrogens with one attached hydrogen (secondary N) is 1. The first-order chi connectivity index (χ1) is 14.4. The van der Waals surface area contributed by atoms with Gasteiger partial charge in [-0.3, -0.25) is 5.73 Å². The molecular formula is C24H35N5O. The van der Waals surface area contributed by atoms with Crippen LogP contribution in [-0.4, -0.2) is 51.3 Å². The summed E-state index contributed by atoms with van der Waals surface area (Å²) in [7, 11) is 7.93. The molecule has 0 spiro atoms. The van der Waals surface area contributed by atoms with Crippen LogP contribution in [0.2, 0.25) is 0 Å². The van der Waals surface area contributed by atoms with Crippen LogP contribution in [0.25, 0.3) is 0 Å². The molecule has 2 unspecified atom stereocenters. The fourth-order valence-corrected chi connectivity index (χ4v) is 4.03. The predicted molar refractivity (Wildman–Crippen MR) is 126 cm³/mol. The highest BCUT2D eigenvalue weighted by molar-refractivity contribution is 6.14. The largest absolute Gasteiger partial charge is 0.497 e. The lowest BCUT2D eigenvalue weighted by molar-refractivity contribution is 0.268. The lowest BCUT2D eigenvalue weighted by atomic mass is 9.90. The van der Waals surface area contributed by atoms with E-state index in [0.29, 0.717) is 0 Å². The third-order valence-electron chi connectivity index (χ3n) is 5.84. The van der Waals surface area contributed by atoms with E-state index in [9.17, 15) is 0 Å². The van der Waals surface area contributed by atoms with Crippen LogP contribution in [-0.2, 0) is 0 Å². The van der Waals surface area contributed by atoms with Gasteiger partial charge in [0.2, 0.25) is 0 Å². The van der Waals surface area contributed by atoms with Gasteiger partial charge in [0, 0.05) is 29.9 Å². The molecule has 6 nitrogen and oxygen atoms in total. The second kappa shape index (κ2) is 9.49. The van der Waals surface area contributed by atoms with Crippen molar-refractivity contribution in [3.63, 3.8) is 0 Å². The number of benzene rings is 2. The van der Waals surface area contributed by atoms with Crippen LogP contribution in [0.4, 0.5) is 11.4 Å². The Morgan fingerprint density at radius 3 is 2.43 bits per heavy atom. The number of anilines is 2. The zero-order chi connectivity index (χ0) is 21.7. The topological polar surface area (TPSA) is 66.1 Å². The number of para-hydroxylation sites is 1. The molecule has 1 aliphatic rings. The van der Waals surface area contributed by atoms with Crippen molar-refractivity contribution in [1.29, 1.82) is 0 Å². The normalized spacial score (nSPS) is 19.0. The first kappa shape index (κ1) is 22.1. The summed E-state index contributed by atoms with van der Waals surface area (Å²) < 4.78 is 5.30. The maximum absolute atomic E-state index is 6.94. The van der Waals surface area contributed by atoms with E-state index in [-0.39, 0.29) is 5.92 Å². The molecule has 2 aromatic carbocycles. The molecule has 0 bridgehead atoms. The highest BCUT2D eigenvalue weighted by atomic mass is 16.5. The number of aliphatic imine (C=N–C) groups is 1. The molecule has 3 N–H and O–H groups in total. The summed E-state index contributed by atoms with van der Waals surface area (Å²) in [5.41, 5.74) is 10.1. The minimum Gasteiger partial charge on any atom is -0.497 e. The second-order valence-corrected chi connectivity index (χ2v) is 8.24. The number of fused-ring (bicyclic) bond motifs is 1. The van der Waals surface area contributed by atoms with Crippen LogP contribution in [0.15, 0.2) is 53.5 Å². The summed E-state index contributed by atoms with van der Waals surface area (Å²) >= 11 is 0. The maximum atomic E-state index is 6.94. The van der Waals surface area contributed by atoms with E-state index in [1.807, 2.05) is 43.4 Å². The smallest absolute Gasteiger partial charge is 0.187 e. The molecule has 3 rings (SSSR count). The fraction of sp³-hybridized carbons (Fsp3) is 0.458. The van der Waals surface area contributed by atoms with E-state index in [0.717, 1.165) is 54.3 Å². The van der Waals surface area contributed by atoms with Crippen molar-refractivity contribution in [3.05, 3.63) is 54.1 Å². The zero-order valence-electron chi connectivity index (χ0n) is 18.9. The number of nitrogens with zero attached hydrogens (tertiary/aromatic N) is 3. The van der Waals surface area contributed by atoms with Gasteiger partial charge in [-0.15, -0.1) is 0 Å². The Morgan fingerprint density at radius 2 is 1.80 bits per heavy atom. The molecule has 0 aromatic heterocycles. The molecule has 6 heteroatoms. The number of methoxy groups -OCH3 is 1. The average molecular weight is 410 g/mol. The number of rotatable bonds is 8. The summed E-state index contributed by atoms with van der Waals surface area (Å²) in [5.74, 6) is 1.10. The molecule has 0 radical (unpaired) electrons. The molecule has 1 aliphatic heterocycles. The Hall–Kier alpha value is -2.57. The first-order valence-corrected chi connectivity index (χ1v) is 10.7. The molecule has 0 fully saturated rings. The second-order valence-electron chi connectivity index (χ2n) is 8.24. The number of hydrogen-bond acceptors (Lipinski definition) is 6. The molecule has 1 heterocycles. The molecule has 2 atom stereocenters. The van der Waals surface area contributed by atoms with Crippen LogP contribution in [0.3, 0.4) is 0 Å². The minimum atomic E-state index is -0.842. The lowest BCUT2D eigenvalue weighted by Crippen LogP contribution is -2.56. The highest BCUT2D eigenvalue weighted by Crippen LogP contribution is 2.34. The van der Waals surface area contributed by atoms with Gasteiger partial charge in [0.25, 0.3) is 0 Å². The maximum Gasteiger partial charge on any atom is 0.187 e. The highest BCUT2D eigenvalue weighted by Gasteiger charge is 2.38. The van der Waals surface area contributed by atoms with Gasteiger partial charge in [-0.2, -0.15) is 0 Å². The fourth-order valence-electron chi connectivity index (χ4n) is 4.03. The summed E-state index contributed by atoms with van der Waals surface area (Å²) in [6, 6.07) is 16.3. The average Bonchev–Trinajstić information content (AvgIpc) is 2.75. The van der Waals surface area contributed by atoms with Crippen LogP contribution in [0, 0.1) is 5.92 Å². The van der Waals surface area contributed by atoms with E-state index >= 15 is 0 Å². The van der Waals surface area contributed by atoms with Crippen molar-refractivity contribution in [2.75, 3.05) is 45.0 Å². The summed E-state index contributed by atoms with van der Waals surface area (Å²) in [6.07, 6.45) is 3.07. The molecule has 0 saturated carbocycles.